The zero-order valence-electron chi connectivity index (χ0n) is 19.5. The minimum absolute atomic E-state index is 0.0100. The number of carbonyl (C=O) groups excluding carboxylic acids is 2. The first kappa shape index (κ1) is 26.1. The molecule has 0 bridgehead atoms. The summed E-state index contributed by atoms with van der Waals surface area (Å²) in [7, 11) is 0. The van der Waals surface area contributed by atoms with E-state index < -0.39 is 11.7 Å². The van der Waals surface area contributed by atoms with E-state index in [0.717, 1.165) is 11.3 Å². The minimum Gasteiger partial charge on any atom is -0.379 e. The van der Waals surface area contributed by atoms with Crippen LogP contribution in [-0.4, -0.2) is 60.7 Å². The number of nitrogens with one attached hydrogen (secondary N) is 3. The zero-order chi connectivity index (χ0) is 25.4. The third kappa shape index (κ3) is 6.54. The summed E-state index contributed by atoms with van der Waals surface area (Å²) in [5, 5.41) is 17.6. The van der Waals surface area contributed by atoms with E-state index >= 15 is 0 Å². The first-order chi connectivity index (χ1) is 16.9. The molecule has 12 heteroatoms. The number of rotatable bonds is 8. The van der Waals surface area contributed by atoms with Gasteiger partial charge in [-0.2, -0.15) is 5.26 Å². The number of nitriles is 1. The van der Waals surface area contributed by atoms with Crippen LogP contribution in [0.1, 0.15) is 13.8 Å². The van der Waals surface area contributed by atoms with Gasteiger partial charge in [0, 0.05) is 38.1 Å². The minimum atomic E-state index is -0.590. The first-order valence-corrected chi connectivity index (χ1v) is 12.0. The number of hydrogen-bond acceptors (Lipinski definition) is 8. The Morgan fingerprint density at radius 2 is 2.03 bits per heavy atom. The van der Waals surface area contributed by atoms with Gasteiger partial charge in [-0.05, 0) is 32.0 Å². The predicted octanol–water partition coefficient (Wildman–Crippen LogP) is -0.0000200. The van der Waals surface area contributed by atoms with Crippen molar-refractivity contribution in [2.24, 2.45) is 0 Å². The molecule has 0 radical (unpaired) electrons. The maximum absolute atomic E-state index is 14.3. The smallest absolute Gasteiger partial charge is 0.270 e. The van der Waals surface area contributed by atoms with E-state index in [1.165, 1.54) is 29.0 Å². The van der Waals surface area contributed by atoms with Gasteiger partial charge in [-0.1, -0.05) is 0 Å². The summed E-state index contributed by atoms with van der Waals surface area (Å²) < 4.78 is 21.4. The molecule has 1 aliphatic heterocycles. The normalized spacial score (nSPS) is 15.3. The number of hydrogen-bond donors (Lipinski definition) is 3. The van der Waals surface area contributed by atoms with Gasteiger partial charge in [0.1, 0.15) is 21.1 Å². The molecule has 0 aliphatic carbocycles. The van der Waals surface area contributed by atoms with Crippen LogP contribution >= 0.6 is 11.3 Å². The second kappa shape index (κ2) is 12.3. The fraction of sp³-hybridized carbons (Fsp3) is 0.391. The maximum atomic E-state index is 14.3. The SMILES string of the molecule is CCNC(=O)C(C#N)=c1sc(=CNc2ccc(F)c(NC(=O)CN3CCOCC3)c2)c(=O)n1CC. The van der Waals surface area contributed by atoms with Crippen molar-refractivity contribution in [3.05, 3.63) is 43.6 Å². The van der Waals surface area contributed by atoms with E-state index in [9.17, 15) is 24.0 Å². The lowest BCUT2D eigenvalue weighted by Gasteiger charge is -2.25. The third-order valence-electron chi connectivity index (χ3n) is 5.20. The molecule has 1 aromatic heterocycles. The molecular formula is C23H27FN6O4S. The predicted molar refractivity (Wildman–Crippen MR) is 132 cm³/mol. The van der Waals surface area contributed by atoms with Crippen LogP contribution in [0.25, 0.3) is 11.8 Å². The highest BCUT2D eigenvalue weighted by Gasteiger charge is 2.16. The highest BCUT2D eigenvalue weighted by molar-refractivity contribution is 7.07. The second-order valence-electron chi connectivity index (χ2n) is 7.59. The molecule has 1 fully saturated rings. The molecule has 3 N–H and O–H groups in total. The first-order valence-electron chi connectivity index (χ1n) is 11.2. The van der Waals surface area contributed by atoms with E-state index in [0.29, 0.717) is 38.5 Å². The Labute approximate surface area is 205 Å². The average molecular weight is 503 g/mol. The summed E-state index contributed by atoms with van der Waals surface area (Å²) in [6, 6.07) is 5.99. The molecule has 0 atom stereocenters. The number of thiazole rings is 1. The van der Waals surface area contributed by atoms with Crippen LogP contribution in [0.2, 0.25) is 0 Å². The van der Waals surface area contributed by atoms with Crippen molar-refractivity contribution in [3.63, 3.8) is 0 Å². The number of halogens is 1. The van der Waals surface area contributed by atoms with Gasteiger partial charge in [0.05, 0.1) is 25.4 Å². The van der Waals surface area contributed by atoms with Crippen molar-refractivity contribution in [2.45, 2.75) is 20.4 Å². The van der Waals surface area contributed by atoms with Crippen LogP contribution in [0.3, 0.4) is 0 Å². The number of benzene rings is 1. The van der Waals surface area contributed by atoms with E-state index in [2.05, 4.69) is 16.0 Å². The van der Waals surface area contributed by atoms with Gasteiger partial charge in [-0.3, -0.25) is 23.9 Å². The number of aromatic nitrogens is 1. The molecule has 0 unspecified atom stereocenters. The Kier molecular flexibility index (Phi) is 9.13. The number of anilines is 2. The number of nitrogens with zero attached hydrogens (tertiary/aromatic N) is 3. The molecule has 2 heterocycles. The largest absolute Gasteiger partial charge is 0.379 e. The second-order valence-corrected chi connectivity index (χ2v) is 8.62. The number of ether oxygens (including phenoxy) is 1. The molecule has 3 rings (SSSR count). The van der Waals surface area contributed by atoms with E-state index in [1.807, 2.05) is 11.0 Å². The summed E-state index contributed by atoms with van der Waals surface area (Å²) >= 11 is 1.01. The van der Waals surface area contributed by atoms with E-state index in [-0.39, 0.29) is 45.0 Å². The summed E-state index contributed by atoms with van der Waals surface area (Å²) in [5.74, 6) is -1.48. The molecule has 186 valence electrons. The Morgan fingerprint density at radius 1 is 1.29 bits per heavy atom. The van der Waals surface area contributed by atoms with Crippen molar-refractivity contribution >= 4 is 46.3 Å². The summed E-state index contributed by atoms with van der Waals surface area (Å²) in [6.07, 6.45) is 1.43. The van der Waals surface area contributed by atoms with Gasteiger partial charge < -0.3 is 20.7 Å². The van der Waals surface area contributed by atoms with Crippen molar-refractivity contribution in [2.75, 3.05) is 50.0 Å². The third-order valence-corrected chi connectivity index (χ3v) is 6.33. The van der Waals surface area contributed by atoms with Crippen molar-refractivity contribution in [1.82, 2.24) is 14.8 Å². The highest BCUT2D eigenvalue weighted by Crippen LogP contribution is 2.19. The fourth-order valence-corrected chi connectivity index (χ4v) is 4.54. The van der Waals surface area contributed by atoms with Crippen molar-refractivity contribution in [1.29, 1.82) is 5.26 Å². The summed E-state index contributed by atoms with van der Waals surface area (Å²) in [5.41, 5.74) is -0.0461. The van der Waals surface area contributed by atoms with Gasteiger partial charge >= 0.3 is 0 Å². The molecule has 1 saturated heterocycles. The Balaban J connectivity index is 1.84. The number of amides is 2. The van der Waals surface area contributed by atoms with Crippen molar-refractivity contribution < 1.29 is 18.7 Å². The highest BCUT2D eigenvalue weighted by atomic mass is 32.1. The average Bonchev–Trinajstić information content (AvgIpc) is 3.15. The lowest BCUT2D eigenvalue weighted by molar-refractivity contribution is -0.118. The quantitative estimate of drug-likeness (QED) is 0.464. The van der Waals surface area contributed by atoms with Crippen molar-refractivity contribution in [3.8, 4) is 6.07 Å². The van der Waals surface area contributed by atoms with E-state index in [1.54, 1.807) is 13.8 Å². The van der Waals surface area contributed by atoms with Gasteiger partial charge in [-0.15, -0.1) is 11.3 Å². The Hall–Kier alpha value is -3.53. The van der Waals surface area contributed by atoms with Crippen LogP contribution in [0.5, 0.6) is 0 Å². The molecular weight excluding hydrogens is 475 g/mol. The zero-order valence-corrected chi connectivity index (χ0v) is 20.3. The summed E-state index contributed by atoms with van der Waals surface area (Å²) in [4.78, 5) is 39.3. The monoisotopic (exact) mass is 502 g/mol. The molecule has 1 aliphatic rings. The molecule has 1 aromatic carbocycles. The van der Waals surface area contributed by atoms with Gasteiger partial charge in [0.25, 0.3) is 11.5 Å². The maximum Gasteiger partial charge on any atom is 0.270 e. The van der Waals surface area contributed by atoms with Crippen LogP contribution in [0.4, 0.5) is 15.8 Å². The van der Waals surface area contributed by atoms with Crippen LogP contribution < -0.4 is 30.7 Å². The molecule has 0 saturated carbocycles. The molecule has 0 spiro atoms. The number of morpholine rings is 1. The van der Waals surface area contributed by atoms with Crippen LogP contribution in [0, 0.1) is 17.1 Å². The van der Waals surface area contributed by atoms with Gasteiger partial charge in [0.15, 0.2) is 5.57 Å². The Morgan fingerprint density at radius 3 is 2.69 bits per heavy atom. The van der Waals surface area contributed by atoms with Crippen LogP contribution in [0.15, 0.2) is 23.0 Å². The van der Waals surface area contributed by atoms with E-state index in [4.69, 9.17) is 4.74 Å². The van der Waals surface area contributed by atoms with Gasteiger partial charge in [-0.25, -0.2) is 4.39 Å². The standard InChI is InChI=1S/C23H27FN6O4S/c1-3-26-21(32)16(12-25)23-30(4-2)22(33)19(35-23)13-27-15-5-6-17(24)18(11-15)28-20(31)14-29-7-9-34-10-8-29/h5-6,11,13,27H,3-4,7-10,14H2,1-2H3,(H,26,32)(H,28,31). The molecule has 2 amide bonds. The Bertz CT molecular complexity index is 1310. The molecule has 10 nitrogen and oxygen atoms in total. The van der Waals surface area contributed by atoms with Crippen LogP contribution in [-0.2, 0) is 20.9 Å². The molecule has 2 aromatic rings. The van der Waals surface area contributed by atoms with Gasteiger partial charge in [0.2, 0.25) is 5.91 Å². The lowest BCUT2D eigenvalue weighted by atomic mass is 10.2. The topological polar surface area (TPSA) is 128 Å². The number of carbonyl (C=O) groups is 2. The fourth-order valence-electron chi connectivity index (χ4n) is 3.45. The lowest BCUT2D eigenvalue weighted by Crippen LogP contribution is -2.41. The molecule has 35 heavy (non-hydrogen) atoms. The summed E-state index contributed by atoms with van der Waals surface area (Å²) in [6.45, 7) is 6.61.